The van der Waals surface area contributed by atoms with Gasteiger partial charge in [-0.25, -0.2) is 9.78 Å². The summed E-state index contributed by atoms with van der Waals surface area (Å²) in [5.41, 5.74) is 3.48. The fraction of sp³-hybridized carbons (Fsp3) is 0.0435. The monoisotopic (exact) mass is 435 g/mol. The lowest BCUT2D eigenvalue weighted by Crippen LogP contribution is -2.19. The number of nitrogens with one attached hydrogen (secondary N) is 2. The van der Waals surface area contributed by atoms with Gasteiger partial charge in [-0.2, -0.15) is 0 Å². The highest BCUT2D eigenvalue weighted by Gasteiger charge is 2.08. The maximum absolute atomic E-state index is 12.3. The molecule has 2 N–H and O–H groups in total. The Morgan fingerprint density at radius 3 is 2.40 bits per heavy atom. The molecule has 0 bridgehead atoms. The zero-order chi connectivity index (χ0) is 20.8. The van der Waals surface area contributed by atoms with E-state index in [4.69, 9.17) is 16.3 Å². The van der Waals surface area contributed by atoms with Crippen LogP contribution in [0.2, 0.25) is 5.02 Å². The Balaban J connectivity index is 1.30. The van der Waals surface area contributed by atoms with Crippen molar-refractivity contribution >= 4 is 39.8 Å². The van der Waals surface area contributed by atoms with E-state index in [-0.39, 0.29) is 6.03 Å². The van der Waals surface area contributed by atoms with Gasteiger partial charge >= 0.3 is 6.03 Å². The van der Waals surface area contributed by atoms with Gasteiger partial charge in [0, 0.05) is 21.7 Å². The van der Waals surface area contributed by atoms with Crippen LogP contribution in [0, 0.1) is 0 Å². The number of amides is 2. The third kappa shape index (κ3) is 5.37. The molecule has 0 radical (unpaired) electrons. The van der Waals surface area contributed by atoms with Crippen LogP contribution in [0.1, 0.15) is 5.56 Å². The van der Waals surface area contributed by atoms with Crippen molar-refractivity contribution in [2.75, 3.05) is 10.6 Å². The van der Waals surface area contributed by atoms with Crippen LogP contribution in [-0.2, 0) is 6.61 Å². The van der Waals surface area contributed by atoms with Crippen LogP contribution in [0.5, 0.6) is 5.75 Å². The van der Waals surface area contributed by atoms with Gasteiger partial charge in [-0.3, -0.25) is 5.32 Å². The predicted octanol–water partition coefficient (Wildman–Crippen LogP) is 6.69. The summed E-state index contributed by atoms with van der Waals surface area (Å²) in [6.07, 6.45) is 0. The first-order valence-corrected chi connectivity index (χ1v) is 10.5. The van der Waals surface area contributed by atoms with Gasteiger partial charge in [0.1, 0.15) is 12.4 Å². The summed E-state index contributed by atoms with van der Waals surface area (Å²) >= 11 is 7.27. The molecule has 0 aliphatic rings. The number of hydrogen-bond donors (Lipinski definition) is 2. The van der Waals surface area contributed by atoms with Gasteiger partial charge in [0.15, 0.2) is 5.13 Å². The van der Waals surface area contributed by atoms with Crippen LogP contribution in [0.4, 0.5) is 15.6 Å². The molecular weight excluding hydrogens is 418 g/mol. The lowest BCUT2D eigenvalue weighted by Gasteiger charge is -2.08. The van der Waals surface area contributed by atoms with Crippen molar-refractivity contribution in [2.45, 2.75) is 6.61 Å². The second-order valence-electron chi connectivity index (χ2n) is 6.42. The number of rotatable bonds is 6. The van der Waals surface area contributed by atoms with E-state index in [1.807, 2.05) is 72.1 Å². The number of benzene rings is 3. The number of carbonyl (C=O) groups is 1. The molecule has 0 aliphatic carbocycles. The van der Waals surface area contributed by atoms with E-state index < -0.39 is 0 Å². The first kappa shape index (κ1) is 19.9. The number of nitrogens with zero attached hydrogens (tertiary/aromatic N) is 1. The molecule has 0 saturated heterocycles. The van der Waals surface area contributed by atoms with Crippen LogP contribution >= 0.6 is 22.9 Å². The SMILES string of the molecule is O=C(Nc1ccc(OCc2ccccc2)cc1)Nc1nc(-c2ccc(Cl)cc2)cs1. The van der Waals surface area contributed by atoms with E-state index in [1.165, 1.54) is 11.3 Å². The van der Waals surface area contributed by atoms with E-state index >= 15 is 0 Å². The maximum atomic E-state index is 12.3. The van der Waals surface area contributed by atoms with Gasteiger partial charge in [0.2, 0.25) is 0 Å². The number of ether oxygens (including phenoxy) is 1. The van der Waals surface area contributed by atoms with Crippen LogP contribution < -0.4 is 15.4 Å². The van der Waals surface area contributed by atoms with Crippen LogP contribution in [0.3, 0.4) is 0 Å². The highest BCUT2D eigenvalue weighted by molar-refractivity contribution is 7.14. The molecule has 0 unspecified atom stereocenters. The van der Waals surface area contributed by atoms with Gasteiger partial charge in [-0.05, 0) is 42.0 Å². The van der Waals surface area contributed by atoms with Crippen molar-refractivity contribution in [3.8, 4) is 17.0 Å². The molecule has 30 heavy (non-hydrogen) atoms. The molecule has 0 aliphatic heterocycles. The number of hydrogen-bond acceptors (Lipinski definition) is 4. The molecule has 4 aromatic rings. The molecule has 2 amide bonds. The largest absolute Gasteiger partial charge is 0.489 e. The van der Waals surface area contributed by atoms with Crippen LogP contribution in [0.15, 0.2) is 84.2 Å². The first-order chi connectivity index (χ1) is 14.7. The Morgan fingerprint density at radius 1 is 0.933 bits per heavy atom. The molecule has 1 aromatic heterocycles. The van der Waals surface area contributed by atoms with Crippen molar-refractivity contribution in [3.63, 3.8) is 0 Å². The second-order valence-corrected chi connectivity index (χ2v) is 7.72. The van der Waals surface area contributed by atoms with E-state index in [0.29, 0.717) is 22.4 Å². The minimum Gasteiger partial charge on any atom is -0.489 e. The summed E-state index contributed by atoms with van der Waals surface area (Å²) in [5, 5.41) is 8.62. The van der Waals surface area contributed by atoms with Gasteiger partial charge in [-0.1, -0.05) is 54.1 Å². The molecule has 150 valence electrons. The number of thiazole rings is 1. The summed E-state index contributed by atoms with van der Waals surface area (Å²) in [6, 6.07) is 24.2. The molecule has 5 nitrogen and oxygen atoms in total. The van der Waals surface area contributed by atoms with Crippen LogP contribution in [-0.4, -0.2) is 11.0 Å². The topological polar surface area (TPSA) is 63.2 Å². The van der Waals surface area contributed by atoms with Gasteiger partial charge in [0.25, 0.3) is 0 Å². The van der Waals surface area contributed by atoms with Gasteiger partial charge < -0.3 is 10.1 Å². The zero-order valence-electron chi connectivity index (χ0n) is 15.8. The molecule has 7 heteroatoms. The Kier molecular flexibility index (Phi) is 6.27. The second kappa shape index (κ2) is 9.43. The van der Waals surface area contributed by atoms with E-state index in [2.05, 4.69) is 15.6 Å². The number of halogens is 1. The molecule has 1 heterocycles. The Hall–Kier alpha value is -3.35. The average molecular weight is 436 g/mol. The summed E-state index contributed by atoms with van der Waals surface area (Å²) in [5.74, 6) is 0.734. The Bertz CT molecular complexity index is 1110. The smallest absolute Gasteiger partial charge is 0.325 e. The van der Waals surface area contributed by atoms with Crippen molar-refractivity contribution < 1.29 is 9.53 Å². The standard InChI is InChI=1S/C23H18ClN3O2S/c24-18-8-6-17(7-9-18)21-15-30-23(26-21)27-22(28)25-19-10-12-20(13-11-19)29-14-16-4-2-1-3-5-16/h1-13,15H,14H2,(H2,25,26,27,28). The van der Waals surface area contributed by atoms with Gasteiger partial charge in [0.05, 0.1) is 5.69 Å². The quantitative estimate of drug-likeness (QED) is 0.354. The third-order valence-corrected chi connectivity index (χ3v) is 5.23. The predicted molar refractivity (Wildman–Crippen MR) is 122 cm³/mol. The molecular formula is C23H18ClN3O2S. The molecule has 0 fully saturated rings. The lowest BCUT2D eigenvalue weighted by molar-refractivity contribution is 0.262. The average Bonchev–Trinajstić information content (AvgIpc) is 3.23. The van der Waals surface area contributed by atoms with E-state index in [1.54, 1.807) is 12.1 Å². The summed E-state index contributed by atoms with van der Waals surface area (Å²) < 4.78 is 5.75. The summed E-state index contributed by atoms with van der Waals surface area (Å²) in [7, 11) is 0. The maximum Gasteiger partial charge on any atom is 0.325 e. The van der Waals surface area contributed by atoms with Gasteiger partial charge in [-0.15, -0.1) is 11.3 Å². The zero-order valence-corrected chi connectivity index (χ0v) is 17.4. The minimum atomic E-state index is -0.357. The van der Waals surface area contributed by atoms with Crippen molar-refractivity contribution in [1.29, 1.82) is 0 Å². The molecule has 4 rings (SSSR count). The first-order valence-electron chi connectivity index (χ1n) is 9.22. The minimum absolute atomic E-state index is 0.357. The highest BCUT2D eigenvalue weighted by Crippen LogP contribution is 2.26. The number of urea groups is 1. The number of anilines is 2. The molecule has 0 saturated carbocycles. The lowest BCUT2D eigenvalue weighted by atomic mass is 10.2. The Morgan fingerprint density at radius 2 is 1.67 bits per heavy atom. The molecule has 0 spiro atoms. The number of aromatic nitrogens is 1. The summed E-state index contributed by atoms with van der Waals surface area (Å²) in [4.78, 5) is 16.7. The van der Waals surface area contributed by atoms with Crippen molar-refractivity contribution in [3.05, 3.63) is 94.8 Å². The molecule has 3 aromatic carbocycles. The third-order valence-electron chi connectivity index (χ3n) is 4.23. The van der Waals surface area contributed by atoms with Crippen molar-refractivity contribution in [2.24, 2.45) is 0 Å². The Labute approximate surface area is 183 Å². The molecule has 0 atom stereocenters. The fourth-order valence-corrected chi connectivity index (χ4v) is 3.56. The highest BCUT2D eigenvalue weighted by atomic mass is 35.5. The van der Waals surface area contributed by atoms with E-state index in [9.17, 15) is 4.79 Å². The van der Waals surface area contributed by atoms with E-state index in [0.717, 1.165) is 22.6 Å². The van der Waals surface area contributed by atoms with Crippen molar-refractivity contribution in [1.82, 2.24) is 4.98 Å². The van der Waals surface area contributed by atoms with Crippen LogP contribution in [0.25, 0.3) is 11.3 Å². The number of carbonyl (C=O) groups excluding carboxylic acids is 1. The normalized spacial score (nSPS) is 10.4. The fourth-order valence-electron chi connectivity index (χ4n) is 2.72. The summed E-state index contributed by atoms with van der Waals surface area (Å²) in [6.45, 7) is 0.494.